The highest BCUT2D eigenvalue weighted by Crippen LogP contribution is 2.25. The van der Waals surface area contributed by atoms with Crippen LogP contribution >= 0.6 is 11.6 Å². The van der Waals surface area contributed by atoms with Crippen LogP contribution in [0.2, 0.25) is 5.15 Å². The van der Waals surface area contributed by atoms with Gasteiger partial charge in [0.15, 0.2) is 0 Å². The normalized spacial score (nSPS) is 22.3. The van der Waals surface area contributed by atoms with Gasteiger partial charge in [-0.25, -0.2) is 4.98 Å². The molecule has 76 valence electrons. The number of aryl methyl sites for hydroxylation is 1. The largest absolute Gasteiger partial charge is 0.310 e. The lowest BCUT2D eigenvalue weighted by molar-refractivity contribution is 0.410. The number of rotatable bonds is 1. The van der Waals surface area contributed by atoms with E-state index in [1.54, 1.807) is 0 Å². The fraction of sp³-hybridized carbons (Fsp3) is 0.545. The molecule has 0 saturated carbocycles. The summed E-state index contributed by atoms with van der Waals surface area (Å²) in [6.07, 6.45) is 5.71. The zero-order chi connectivity index (χ0) is 9.97. The van der Waals surface area contributed by atoms with Gasteiger partial charge in [-0.1, -0.05) is 18.0 Å². The molecule has 0 spiro atoms. The first kappa shape index (κ1) is 9.94. The molecule has 1 atom stereocenters. The van der Waals surface area contributed by atoms with Crippen molar-refractivity contribution in [2.75, 3.05) is 6.54 Å². The molecule has 1 aromatic rings. The van der Waals surface area contributed by atoms with Crippen LogP contribution in [0.25, 0.3) is 0 Å². The second kappa shape index (κ2) is 4.28. The first-order chi connectivity index (χ1) is 6.77. The number of nitrogens with zero attached hydrogens (tertiary/aromatic N) is 1. The van der Waals surface area contributed by atoms with Crippen LogP contribution in [0.4, 0.5) is 0 Å². The highest BCUT2D eigenvalue weighted by molar-refractivity contribution is 6.29. The molecule has 3 heteroatoms. The van der Waals surface area contributed by atoms with Crippen molar-refractivity contribution in [1.82, 2.24) is 10.3 Å². The average molecular weight is 211 g/mol. The molecule has 1 saturated heterocycles. The van der Waals surface area contributed by atoms with Crippen molar-refractivity contribution in [3.63, 3.8) is 0 Å². The van der Waals surface area contributed by atoms with Crippen LogP contribution in [-0.2, 0) is 0 Å². The maximum Gasteiger partial charge on any atom is 0.129 e. The van der Waals surface area contributed by atoms with Crippen LogP contribution in [0.1, 0.15) is 36.4 Å². The van der Waals surface area contributed by atoms with E-state index in [2.05, 4.69) is 17.2 Å². The van der Waals surface area contributed by atoms with Crippen molar-refractivity contribution in [1.29, 1.82) is 0 Å². The number of nitrogens with one attached hydrogen (secondary N) is 1. The molecule has 0 radical (unpaired) electrons. The van der Waals surface area contributed by atoms with Crippen LogP contribution in [0.3, 0.4) is 0 Å². The molecule has 0 unspecified atom stereocenters. The standard InChI is InChI=1S/C11H15ClN2/c1-8-6-11(12)14-7-9(8)10-4-2-3-5-13-10/h6-7,10,13H,2-5H2,1H3/t10-/m0/s1. The third kappa shape index (κ3) is 2.07. The molecule has 1 N–H and O–H groups in total. The lowest BCUT2D eigenvalue weighted by atomic mass is 9.96. The summed E-state index contributed by atoms with van der Waals surface area (Å²) in [6.45, 7) is 3.21. The van der Waals surface area contributed by atoms with Crippen LogP contribution < -0.4 is 5.32 Å². The van der Waals surface area contributed by atoms with Crippen molar-refractivity contribution in [3.05, 3.63) is 28.5 Å². The Morgan fingerprint density at radius 3 is 3.00 bits per heavy atom. The summed E-state index contributed by atoms with van der Waals surface area (Å²) in [6, 6.07) is 2.42. The van der Waals surface area contributed by atoms with E-state index in [1.807, 2.05) is 12.3 Å². The van der Waals surface area contributed by atoms with Crippen molar-refractivity contribution in [2.24, 2.45) is 0 Å². The quantitative estimate of drug-likeness (QED) is 0.722. The Labute approximate surface area is 89.7 Å². The number of aromatic nitrogens is 1. The molecule has 0 aromatic carbocycles. The Morgan fingerprint density at radius 1 is 1.50 bits per heavy atom. The molecule has 2 nitrogen and oxygen atoms in total. The highest BCUT2D eigenvalue weighted by atomic mass is 35.5. The molecular formula is C11H15ClN2. The summed E-state index contributed by atoms with van der Waals surface area (Å²) in [5.74, 6) is 0. The lowest BCUT2D eigenvalue weighted by Crippen LogP contribution is -2.27. The Kier molecular flexibility index (Phi) is 3.04. The number of hydrogen-bond acceptors (Lipinski definition) is 2. The fourth-order valence-electron chi connectivity index (χ4n) is 2.01. The predicted octanol–water partition coefficient (Wildman–Crippen LogP) is 2.86. The monoisotopic (exact) mass is 210 g/mol. The Balaban J connectivity index is 2.22. The van der Waals surface area contributed by atoms with Gasteiger partial charge in [-0.3, -0.25) is 0 Å². The van der Waals surface area contributed by atoms with E-state index >= 15 is 0 Å². The van der Waals surface area contributed by atoms with Gasteiger partial charge in [0.25, 0.3) is 0 Å². The fourth-order valence-corrected chi connectivity index (χ4v) is 2.23. The second-order valence-electron chi connectivity index (χ2n) is 3.87. The molecule has 14 heavy (non-hydrogen) atoms. The molecule has 1 aromatic heterocycles. The highest BCUT2D eigenvalue weighted by Gasteiger charge is 2.16. The number of piperidine rings is 1. The number of halogens is 1. The minimum Gasteiger partial charge on any atom is -0.310 e. The van der Waals surface area contributed by atoms with E-state index in [1.165, 1.54) is 30.4 Å². The summed E-state index contributed by atoms with van der Waals surface area (Å²) < 4.78 is 0. The van der Waals surface area contributed by atoms with Gasteiger partial charge >= 0.3 is 0 Å². The van der Waals surface area contributed by atoms with Crippen LogP contribution in [0.5, 0.6) is 0 Å². The van der Waals surface area contributed by atoms with Gasteiger partial charge in [0.2, 0.25) is 0 Å². The van der Waals surface area contributed by atoms with E-state index in [9.17, 15) is 0 Å². The van der Waals surface area contributed by atoms with E-state index < -0.39 is 0 Å². The zero-order valence-electron chi connectivity index (χ0n) is 8.39. The number of hydrogen-bond donors (Lipinski definition) is 1. The van der Waals surface area contributed by atoms with Crippen molar-refractivity contribution < 1.29 is 0 Å². The SMILES string of the molecule is Cc1cc(Cl)ncc1[C@@H]1CCCCN1. The van der Waals surface area contributed by atoms with Gasteiger partial charge in [-0.2, -0.15) is 0 Å². The van der Waals surface area contributed by atoms with Gasteiger partial charge in [0.05, 0.1) is 0 Å². The smallest absolute Gasteiger partial charge is 0.129 e. The average Bonchev–Trinajstić information content (AvgIpc) is 2.19. The first-order valence-electron chi connectivity index (χ1n) is 5.13. The summed E-state index contributed by atoms with van der Waals surface area (Å²) in [5, 5.41) is 4.10. The summed E-state index contributed by atoms with van der Waals surface area (Å²) in [7, 11) is 0. The molecule has 0 aliphatic carbocycles. The molecule has 0 bridgehead atoms. The number of pyridine rings is 1. The molecule has 1 aliphatic rings. The van der Waals surface area contributed by atoms with Crippen LogP contribution in [-0.4, -0.2) is 11.5 Å². The van der Waals surface area contributed by atoms with Gasteiger partial charge in [-0.15, -0.1) is 0 Å². The molecule has 1 aliphatic heterocycles. The Bertz CT molecular complexity index is 319. The van der Waals surface area contributed by atoms with Gasteiger partial charge in [-0.05, 0) is 43.5 Å². The Morgan fingerprint density at radius 2 is 2.36 bits per heavy atom. The van der Waals surface area contributed by atoms with Crippen LogP contribution in [0, 0.1) is 6.92 Å². The zero-order valence-corrected chi connectivity index (χ0v) is 9.14. The molecule has 1 fully saturated rings. The first-order valence-corrected chi connectivity index (χ1v) is 5.50. The third-order valence-electron chi connectivity index (χ3n) is 2.80. The molecule has 0 amide bonds. The van der Waals surface area contributed by atoms with Crippen molar-refractivity contribution in [2.45, 2.75) is 32.2 Å². The van der Waals surface area contributed by atoms with Crippen molar-refractivity contribution in [3.8, 4) is 0 Å². The summed E-state index contributed by atoms with van der Waals surface area (Å²) in [4.78, 5) is 4.14. The third-order valence-corrected chi connectivity index (χ3v) is 3.01. The van der Waals surface area contributed by atoms with E-state index in [-0.39, 0.29) is 0 Å². The van der Waals surface area contributed by atoms with Gasteiger partial charge in [0.1, 0.15) is 5.15 Å². The minimum atomic E-state index is 0.480. The van der Waals surface area contributed by atoms with Gasteiger partial charge in [0, 0.05) is 12.2 Å². The topological polar surface area (TPSA) is 24.9 Å². The summed E-state index contributed by atoms with van der Waals surface area (Å²) in [5.41, 5.74) is 2.54. The lowest BCUT2D eigenvalue weighted by Gasteiger charge is -2.24. The van der Waals surface area contributed by atoms with Crippen molar-refractivity contribution >= 4 is 11.6 Å². The van der Waals surface area contributed by atoms with E-state index in [0.717, 1.165) is 6.54 Å². The van der Waals surface area contributed by atoms with Gasteiger partial charge < -0.3 is 5.32 Å². The molecule has 2 heterocycles. The van der Waals surface area contributed by atoms with E-state index in [4.69, 9.17) is 11.6 Å². The maximum absolute atomic E-state index is 5.82. The van der Waals surface area contributed by atoms with E-state index in [0.29, 0.717) is 11.2 Å². The Hall–Kier alpha value is -0.600. The summed E-state index contributed by atoms with van der Waals surface area (Å²) >= 11 is 5.82. The van der Waals surface area contributed by atoms with Crippen LogP contribution in [0.15, 0.2) is 12.3 Å². The molecular weight excluding hydrogens is 196 g/mol. The molecule has 2 rings (SSSR count). The maximum atomic E-state index is 5.82. The second-order valence-corrected chi connectivity index (χ2v) is 4.25. The predicted molar refractivity (Wildman–Crippen MR) is 58.6 cm³/mol. The minimum absolute atomic E-state index is 0.480.